The molecule has 5 heteroatoms. The molecule has 148 valence electrons. The Hall–Kier alpha value is -1.17. The molecule has 1 aromatic carbocycles. The lowest BCUT2D eigenvalue weighted by molar-refractivity contribution is -0.138. The van der Waals surface area contributed by atoms with E-state index < -0.39 is 14.4 Å². The zero-order chi connectivity index (χ0) is 20.1. The van der Waals surface area contributed by atoms with E-state index >= 15 is 0 Å². The number of hydrogen-bond donors (Lipinski definition) is 1. The predicted octanol–water partition coefficient (Wildman–Crippen LogP) is 4.61. The van der Waals surface area contributed by atoms with Crippen LogP contribution in [0.4, 0.5) is 0 Å². The van der Waals surface area contributed by atoms with Gasteiger partial charge in [0.1, 0.15) is 0 Å². The standard InChI is InChI=1S/C21H37NO3Si/c1-16(14-15-25-26(7,8)21(3,4)5)20(24)22(6)17(2)19(23)18-12-10-9-11-13-18/h9-13,16-17,19,23H,14-15H2,1-8H3/t16-,17+,19-/m0/s1. The highest BCUT2D eigenvalue weighted by atomic mass is 28.4. The van der Waals surface area contributed by atoms with Gasteiger partial charge in [0.05, 0.1) is 12.1 Å². The van der Waals surface area contributed by atoms with Crippen LogP contribution in [-0.4, -0.2) is 43.9 Å². The van der Waals surface area contributed by atoms with Crippen molar-refractivity contribution in [3.8, 4) is 0 Å². The summed E-state index contributed by atoms with van der Waals surface area (Å²) in [5.41, 5.74) is 0.827. The van der Waals surface area contributed by atoms with Gasteiger partial charge < -0.3 is 14.4 Å². The van der Waals surface area contributed by atoms with E-state index in [2.05, 4.69) is 33.9 Å². The molecular weight excluding hydrogens is 342 g/mol. The fourth-order valence-corrected chi connectivity index (χ4v) is 3.58. The van der Waals surface area contributed by atoms with Crippen molar-refractivity contribution in [1.82, 2.24) is 4.90 Å². The highest BCUT2D eigenvalue weighted by molar-refractivity contribution is 6.74. The summed E-state index contributed by atoms with van der Waals surface area (Å²) in [6, 6.07) is 9.20. The summed E-state index contributed by atoms with van der Waals surface area (Å²) in [5.74, 6) is -0.0819. The normalized spacial score (nSPS) is 16.0. The minimum atomic E-state index is -1.78. The van der Waals surface area contributed by atoms with Crippen LogP contribution in [0.2, 0.25) is 18.1 Å². The largest absolute Gasteiger partial charge is 0.417 e. The summed E-state index contributed by atoms with van der Waals surface area (Å²) in [4.78, 5) is 14.4. The second kappa shape index (κ2) is 9.15. The van der Waals surface area contributed by atoms with E-state index in [1.54, 1.807) is 11.9 Å². The Kier molecular flexibility index (Phi) is 8.05. The molecule has 0 aromatic heterocycles. The molecule has 0 aliphatic heterocycles. The first kappa shape index (κ1) is 22.9. The summed E-state index contributed by atoms with van der Waals surface area (Å²) < 4.78 is 6.19. The number of hydrogen-bond acceptors (Lipinski definition) is 3. The van der Waals surface area contributed by atoms with Crippen LogP contribution in [-0.2, 0) is 9.22 Å². The monoisotopic (exact) mass is 379 g/mol. The topological polar surface area (TPSA) is 49.8 Å². The maximum atomic E-state index is 12.7. The second-order valence-corrected chi connectivity index (χ2v) is 13.7. The summed E-state index contributed by atoms with van der Waals surface area (Å²) in [5, 5.41) is 10.7. The maximum absolute atomic E-state index is 12.7. The van der Waals surface area contributed by atoms with Gasteiger partial charge in [-0.2, -0.15) is 0 Å². The number of aliphatic hydroxyl groups excluding tert-OH is 1. The lowest BCUT2D eigenvalue weighted by Gasteiger charge is -2.36. The molecule has 1 rings (SSSR count). The predicted molar refractivity (Wildman–Crippen MR) is 111 cm³/mol. The fraction of sp³-hybridized carbons (Fsp3) is 0.667. The summed E-state index contributed by atoms with van der Waals surface area (Å²) in [6.45, 7) is 15.5. The Balaban J connectivity index is 2.59. The van der Waals surface area contributed by atoms with Crippen LogP contribution in [0.15, 0.2) is 30.3 Å². The van der Waals surface area contributed by atoms with Gasteiger partial charge in [-0.3, -0.25) is 4.79 Å². The van der Waals surface area contributed by atoms with Crippen LogP contribution in [0.25, 0.3) is 0 Å². The van der Waals surface area contributed by atoms with Gasteiger partial charge in [-0.05, 0) is 37.0 Å². The first-order valence-corrected chi connectivity index (χ1v) is 12.4. The number of rotatable bonds is 8. The van der Waals surface area contributed by atoms with Crippen LogP contribution in [0, 0.1) is 5.92 Å². The van der Waals surface area contributed by atoms with Crippen molar-refractivity contribution in [2.75, 3.05) is 13.7 Å². The third-order valence-electron chi connectivity index (χ3n) is 5.80. The summed E-state index contributed by atoms with van der Waals surface area (Å²) in [6.07, 6.45) is 0.00457. The Bertz CT molecular complexity index is 568. The van der Waals surface area contributed by atoms with Crippen molar-refractivity contribution < 1.29 is 14.3 Å². The van der Waals surface area contributed by atoms with E-state index in [1.165, 1.54) is 0 Å². The lowest BCUT2D eigenvalue weighted by atomic mass is 10.0. The Morgan fingerprint density at radius 1 is 1.19 bits per heavy atom. The van der Waals surface area contributed by atoms with Crippen molar-refractivity contribution >= 4 is 14.2 Å². The molecule has 3 atom stereocenters. The number of carbonyl (C=O) groups excluding carboxylic acids is 1. The molecule has 0 aliphatic rings. The van der Waals surface area contributed by atoms with Crippen molar-refractivity contribution in [3.05, 3.63) is 35.9 Å². The highest BCUT2D eigenvalue weighted by Crippen LogP contribution is 2.36. The Labute approximate surface area is 160 Å². The number of carbonyl (C=O) groups is 1. The quantitative estimate of drug-likeness (QED) is 0.671. The molecule has 0 spiro atoms. The van der Waals surface area contributed by atoms with Gasteiger partial charge in [0.2, 0.25) is 5.91 Å². The van der Waals surface area contributed by atoms with Gasteiger partial charge in [0.25, 0.3) is 0 Å². The van der Waals surface area contributed by atoms with Gasteiger partial charge >= 0.3 is 0 Å². The summed E-state index contributed by atoms with van der Waals surface area (Å²) >= 11 is 0. The molecule has 0 aliphatic carbocycles. The molecule has 0 unspecified atom stereocenters. The highest BCUT2D eigenvalue weighted by Gasteiger charge is 2.37. The van der Waals surface area contributed by atoms with E-state index in [0.29, 0.717) is 13.0 Å². The van der Waals surface area contributed by atoms with Gasteiger partial charge in [0.15, 0.2) is 8.32 Å². The molecule has 0 saturated carbocycles. The number of amides is 1. The van der Waals surface area contributed by atoms with Crippen molar-refractivity contribution in [1.29, 1.82) is 0 Å². The number of likely N-dealkylation sites (N-methyl/N-ethyl adjacent to an activating group) is 1. The van der Waals surface area contributed by atoms with E-state index in [1.807, 2.05) is 44.2 Å². The molecule has 0 fully saturated rings. The Morgan fingerprint density at radius 3 is 2.23 bits per heavy atom. The van der Waals surface area contributed by atoms with Crippen LogP contribution >= 0.6 is 0 Å². The molecule has 0 heterocycles. The van der Waals surface area contributed by atoms with Gasteiger partial charge in [0, 0.05) is 19.6 Å². The van der Waals surface area contributed by atoms with E-state index in [9.17, 15) is 9.90 Å². The van der Waals surface area contributed by atoms with Gasteiger partial charge in [-0.25, -0.2) is 0 Å². The number of aliphatic hydroxyl groups is 1. The molecule has 0 bridgehead atoms. The number of benzene rings is 1. The van der Waals surface area contributed by atoms with Crippen molar-refractivity contribution in [3.63, 3.8) is 0 Å². The summed E-state index contributed by atoms with van der Waals surface area (Å²) in [7, 11) is -0.0142. The van der Waals surface area contributed by atoms with Crippen LogP contribution < -0.4 is 0 Å². The lowest BCUT2D eigenvalue weighted by Crippen LogP contribution is -2.43. The molecule has 0 radical (unpaired) electrons. The third-order valence-corrected chi connectivity index (χ3v) is 10.3. The van der Waals surface area contributed by atoms with E-state index in [0.717, 1.165) is 5.56 Å². The van der Waals surface area contributed by atoms with Crippen LogP contribution in [0.1, 0.15) is 52.7 Å². The molecular formula is C21H37NO3Si. The zero-order valence-electron chi connectivity index (χ0n) is 17.7. The minimum absolute atomic E-state index is 0.0475. The maximum Gasteiger partial charge on any atom is 0.225 e. The molecule has 4 nitrogen and oxygen atoms in total. The van der Waals surface area contributed by atoms with E-state index in [-0.39, 0.29) is 22.9 Å². The average molecular weight is 380 g/mol. The first-order valence-electron chi connectivity index (χ1n) is 9.52. The zero-order valence-corrected chi connectivity index (χ0v) is 18.7. The van der Waals surface area contributed by atoms with Gasteiger partial charge in [-0.15, -0.1) is 0 Å². The molecule has 1 N–H and O–H groups in total. The van der Waals surface area contributed by atoms with Gasteiger partial charge in [-0.1, -0.05) is 58.0 Å². The smallest absolute Gasteiger partial charge is 0.225 e. The Morgan fingerprint density at radius 2 is 1.73 bits per heavy atom. The van der Waals surface area contributed by atoms with Crippen LogP contribution in [0.5, 0.6) is 0 Å². The minimum Gasteiger partial charge on any atom is -0.417 e. The fourth-order valence-electron chi connectivity index (χ4n) is 2.52. The van der Waals surface area contributed by atoms with Crippen LogP contribution in [0.3, 0.4) is 0 Å². The average Bonchev–Trinajstić information content (AvgIpc) is 2.58. The molecule has 1 aromatic rings. The third kappa shape index (κ3) is 5.93. The SMILES string of the molecule is C[C@H]([C@H](O)c1ccccc1)N(C)C(=O)[C@@H](C)CCO[Si](C)(C)C(C)(C)C. The molecule has 1 amide bonds. The van der Waals surface area contributed by atoms with Crippen molar-refractivity contribution in [2.45, 2.75) is 71.3 Å². The first-order chi connectivity index (χ1) is 11.9. The van der Waals surface area contributed by atoms with E-state index in [4.69, 9.17) is 4.43 Å². The van der Waals surface area contributed by atoms with Crippen molar-refractivity contribution in [2.24, 2.45) is 5.92 Å². The molecule has 26 heavy (non-hydrogen) atoms. The molecule has 0 saturated heterocycles. The second-order valence-electron chi connectivity index (χ2n) is 8.84. The number of nitrogens with zero attached hydrogens (tertiary/aromatic N) is 1.